The molecule has 2 unspecified atom stereocenters. The summed E-state index contributed by atoms with van der Waals surface area (Å²) in [6, 6.07) is 2.24. The zero-order chi connectivity index (χ0) is 21.4. The molecule has 4 heteroatoms. The Hall–Kier alpha value is -0.353. The summed E-state index contributed by atoms with van der Waals surface area (Å²) in [5.74, 6) is 1.37. The summed E-state index contributed by atoms with van der Waals surface area (Å²) in [6.45, 7) is 24.6. The molecule has 0 aromatic heterocycles. The van der Waals surface area contributed by atoms with E-state index < -0.39 is 13.7 Å². The molecule has 27 heavy (non-hydrogen) atoms. The van der Waals surface area contributed by atoms with E-state index in [9.17, 15) is 4.79 Å². The first-order valence-electron chi connectivity index (χ1n) is 11.1. The van der Waals surface area contributed by atoms with Crippen LogP contribution in [-0.2, 0) is 14.0 Å². The van der Waals surface area contributed by atoms with E-state index in [4.69, 9.17) is 9.16 Å². The van der Waals surface area contributed by atoms with Crippen molar-refractivity contribution >= 4 is 14.3 Å². The van der Waals surface area contributed by atoms with Crippen molar-refractivity contribution in [2.75, 3.05) is 6.61 Å². The predicted octanol–water partition coefficient (Wildman–Crippen LogP) is 7.06. The Morgan fingerprint density at radius 2 is 1.48 bits per heavy atom. The van der Waals surface area contributed by atoms with Crippen LogP contribution in [0.15, 0.2) is 0 Å². The maximum atomic E-state index is 12.8. The van der Waals surface area contributed by atoms with Gasteiger partial charge in [0.15, 0.2) is 8.32 Å². The number of carbonyl (C=O) groups excluding carboxylic acids is 1. The molecule has 162 valence electrons. The molecule has 0 heterocycles. The number of rotatable bonds is 13. The van der Waals surface area contributed by atoms with Crippen LogP contribution in [-0.4, -0.2) is 27.0 Å². The van der Waals surface area contributed by atoms with Crippen molar-refractivity contribution in [3.05, 3.63) is 0 Å². The van der Waals surface area contributed by atoms with Gasteiger partial charge in [-0.1, -0.05) is 55.4 Å². The van der Waals surface area contributed by atoms with Gasteiger partial charge in [-0.2, -0.15) is 0 Å². The van der Waals surface area contributed by atoms with Crippen molar-refractivity contribution in [2.45, 2.75) is 113 Å². The Kier molecular flexibility index (Phi) is 11.4. The highest BCUT2D eigenvalue weighted by Gasteiger charge is 2.41. The number of carbonyl (C=O) groups is 1. The monoisotopic (exact) mass is 400 g/mol. The van der Waals surface area contributed by atoms with Crippen LogP contribution in [0, 0.1) is 23.2 Å². The van der Waals surface area contributed by atoms with E-state index in [1.807, 2.05) is 0 Å². The fourth-order valence-corrected chi connectivity index (χ4v) is 8.94. The second-order valence-corrected chi connectivity index (χ2v) is 14.8. The van der Waals surface area contributed by atoms with Gasteiger partial charge in [-0.3, -0.25) is 4.79 Å². The smallest absolute Gasteiger partial charge is 0.312 e. The standard InChI is InChI=1S/C23H48O3Si/c1-17(2)15-23(11,19(5)6)22(24)25-13-12-14-27(21(9)10,16-18(3)4)26-20(7)8/h17-21H,12-16H2,1-11H3. The van der Waals surface area contributed by atoms with Crippen LogP contribution in [0.4, 0.5) is 0 Å². The van der Waals surface area contributed by atoms with Gasteiger partial charge in [0.05, 0.1) is 12.0 Å². The maximum Gasteiger partial charge on any atom is 0.312 e. The minimum atomic E-state index is -1.86. The number of ether oxygens (including phenoxy) is 1. The summed E-state index contributed by atoms with van der Waals surface area (Å²) in [4.78, 5) is 12.8. The van der Waals surface area contributed by atoms with E-state index in [2.05, 4.69) is 76.2 Å². The van der Waals surface area contributed by atoms with Gasteiger partial charge in [0.2, 0.25) is 0 Å². The first-order chi connectivity index (χ1) is 12.3. The molecule has 0 aliphatic rings. The van der Waals surface area contributed by atoms with E-state index in [1.54, 1.807) is 0 Å². The highest BCUT2D eigenvalue weighted by molar-refractivity contribution is 6.75. The van der Waals surface area contributed by atoms with Crippen LogP contribution in [0.1, 0.15) is 89.0 Å². The zero-order valence-corrected chi connectivity index (χ0v) is 21.1. The molecule has 0 radical (unpaired) electrons. The molecule has 3 nitrogen and oxygen atoms in total. The second kappa shape index (κ2) is 11.6. The van der Waals surface area contributed by atoms with Crippen LogP contribution in [0.2, 0.25) is 17.6 Å². The predicted molar refractivity (Wildman–Crippen MR) is 120 cm³/mol. The van der Waals surface area contributed by atoms with Gasteiger partial charge in [0.25, 0.3) is 0 Å². The van der Waals surface area contributed by atoms with E-state index in [-0.39, 0.29) is 18.0 Å². The third kappa shape index (κ3) is 8.68. The Labute approximate surface area is 171 Å². The highest BCUT2D eigenvalue weighted by atomic mass is 28.4. The SMILES string of the molecule is CC(C)CC(C)(C(=O)OCCC[Si](CC(C)C)(OC(C)C)C(C)C)C(C)C. The Bertz CT molecular complexity index is 419. The minimum Gasteiger partial charge on any atom is -0.465 e. The van der Waals surface area contributed by atoms with E-state index in [1.165, 1.54) is 6.04 Å². The highest BCUT2D eigenvalue weighted by Crippen LogP contribution is 2.37. The molecule has 0 saturated carbocycles. The minimum absolute atomic E-state index is 0.0309. The largest absolute Gasteiger partial charge is 0.465 e. The van der Waals surface area contributed by atoms with Crippen molar-refractivity contribution in [3.8, 4) is 0 Å². The third-order valence-electron chi connectivity index (χ3n) is 5.83. The molecular weight excluding hydrogens is 352 g/mol. The van der Waals surface area contributed by atoms with Crippen LogP contribution in [0.3, 0.4) is 0 Å². The Balaban J connectivity index is 4.95. The molecule has 0 bridgehead atoms. The lowest BCUT2D eigenvalue weighted by Gasteiger charge is -2.38. The summed E-state index contributed by atoms with van der Waals surface area (Å²) in [5, 5.41) is 0. The molecule has 0 aromatic carbocycles. The molecule has 0 rings (SSSR count). The molecule has 0 amide bonds. The summed E-state index contributed by atoms with van der Waals surface area (Å²) in [6.07, 6.45) is 2.04. The average Bonchev–Trinajstić information content (AvgIpc) is 2.48. The van der Waals surface area contributed by atoms with Crippen LogP contribution < -0.4 is 0 Å². The third-order valence-corrected chi connectivity index (χ3v) is 11.6. The van der Waals surface area contributed by atoms with Gasteiger partial charge in [0.1, 0.15) is 0 Å². The molecular formula is C23H48O3Si. The summed E-state index contributed by atoms with van der Waals surface area (Å²) in [7, 11) is -1.86. The van der Waals surface area contributed by atoms with Crippen LogP contribution in [0.5, 0.6) is 0 Å². The van der Waals surface area contributed by atoms with Crippen molar-refractivity contribution in [2.24, 2.45) is 23.2 Å². The van der Waals surface area contributed by atoms with Crippen LogP contribution >= 0.6 is 0 Å². The van der Waals surface area contributed by atoms with E-state index >= 15 is 0 Å². The molecule has 0 fully saturated rings. The second-order valence-electron chi connectivity index (χ2n) is 10.4. The summed E-state index contributed by atoms with van der Waals surface area (Å²) < 4.78 is 12.4. The lowest BCUT2D eigenvalue weighted by molar-refractivity contribution is -0.159. The molecule has 2 atom stereocenters. The molecule has 0 spiro atoms. The molecule has 0 aliphatic carbocycles. The normalized spacial score (nSPS) is 17.0. The quantitative estimate of drug-likeness (QED) is 0.188. The lowest BCUT2D eigenvalue weighted by atomic mass is 9.73. The van der Waals surface area contributed by atoms with Gasteiger partial charge >= 0.3 is 5.97 Å². The fourth-order valence-electron chi connectivity index (χ4n) is 4.13. The first kappa shape index (κ1) is 26.6. The van der Waals surface area contributed by atoms with Gasteiger partial charge in [-0.15, -0.1) is 0 Å². The maximum absolute atomic E-state index is 12.8. The van der Waals surface area contributed by atoms with Gasteiger partial charge in [-0.05, 0) is 69.0 Å². The van der Waals surface area contributed by atoms with Gasteiger partial charge in [-0.25, -0.2) is 0 Å². The lowest BCUT2D eigenvalue weighted by Crippen LogP contribution is -2.45. The molecule has 0 aromatic rings. The number of hydrogen-bond acceptors (Lipinski definition) is 3. The topological polar surface area (TPSA) is 35.5 Å². The Morgan fingerprint density at radius 3 is 1.85 bits per heavy atom. The summed E-state index contributed by atoms with van der Waals surface area (Å²) >= 11 is 0. The van der Waals surface area contributed by atoms with Crippen molar-refractivity contribution < 1.29 is 14.0 Å². The van der Waals surface area contributed by atoms with E-state index in [0.29, 0.717) is 24.0 Å². The zero-order valence-electron chi connectivity index (χ0n) is 20.1. The molecule has 0 N–H and O–H groups in total. The fraction of sp³-hybridized carbons (Fsp3) is 0.957. The number of hydrogen-bond donors (Lipinski definition) is 0. The van der Waals surface area contributed by atoms with Crippen LogP contribution in [0.25, 0.3) is 0 Å². The van der Waals surface area contributed by atoms with Gasteiger partial charge < -0.3 is 9.16 Å². The molecule has 0 aliphatic heterocycles. The van der Waals surface area contributed by atoms with Crippen molar-refractivity contribution in [1.29, 1.82) is 0 Å². The van der Waals surface area contributed by atoms with E-state index in [0.717, 1.165) is 18.9 Å². The first-order valence-corrected chi connectivity index (χ1v) is 13.5. The Morgan fingerprint density at radius 1 is 0.926 bits per heavy atom. The number of esters is 1. The van der Waals surface area contributed by atoms with Crippen molar-refractivity contribution in [3.63, 3.8) is 0 Å². The summed E-state index contributed by atoms with van der Waals surface area (Å²) in [5.41, 5.74) is 0.174. The average molecular weight is 401 g/mol. The molecule has 0 saturated heterocycles. The van der Waals surface area contributed by atoms with Gasteiger partial charge in [0, 0.05) is 6.10 Å². The van der Waals surface area contributed by atoms with Crippen molar-refractivity contribution in [1.82, 2.24) is 0 Å².